The second-order valence-corrected chi connectivity index (χ2v) is 12.4. The van der Waals surface area contributed by atoms with Crippen molar-refractivity contribution in [3.8, 4) is 0 Å². The van der Waals surface area contributed by atoms with Gasteiger partial charge in [0.05, 0.1) is 0 Å². The first-order chi connectivity index (χ1) is 17.2. The molecule has 2 fully saturated rings. The first-order valence-corrected chi connectivity index (χ1v) is 14.6. The van der Waals surface area contributed by atoms with Gasteiger partial charge in [-0.25, -0.2) is 9.18 Å². The van der Waals surface area contributed by atoms with Crippen molar-refractivity contribution in [3.05, 3.63) is 35.6 Å². The number of piperidine rings is 1. The topological polar surface area (TPSA) is 70.7 Å². The summed E-state index contributed by atoms with van der Waals surface area (Å²) in [6.45, 7) is 8.80. The molecule has 2 aliphatic rings. The summed E-state index contributed by atoms with van der Waals surface area (Å²) in [5.41, 5.74) is 0.507. The van der Waals surface area contributed by atoms with E-state index in [0.717, 1.165) is 43.8 Å². The molecule has 0 unspecified atom stereocenters. The normalized spacial score (nSPS) is 19.0. The standard InChI is InChI=1S/C28H44FN3O3S/c1-28(2,3)35-27(34)31-25(20-36-19-23-7-5-4-6-8-23)26(33)30-17-21-13-15-32(16-14-21)18-22-9-11-24(29)12-10-22/h9-12,21,23,25H,4-8,13-20H2,1-3H3,(H,30,33)(H,31,34)/t25-/m0/s1. The highest BCUT2D eigenvalue weighted by Crippen LogP contribution is 2.27. The van der Waals surface area contributed by atoms with Crippen LogP contribution < -0.4 is 10.6 Å². The minimum absolute atomic E-state index is 0.134. The molecule has 36 heavy (non-hydrogen) atoms. The number of alkyl carbamates (subject to hydrolysis) is 1. The zero-order chi connectivity index (χ0) is 26.0. The second kappa shape index (κ2) is 14.2. The van der Waals surface area contributed by atoms with Crippen molar-refractivity contribution in [3.63, 3.8) is 0 Å². The lowest BCUT2D eigenvalue weighted by Gasteiger charge is -2.32. The van der Waals surface area contributed by atoms with Crippen LogP contribution in [0.25, 0.3) is 0 Å². The van der Waals surface area contributed by atoms with Gasteiger partial charge in [-0.3, -0.25) is 9.69 Å². The minimum atomic E-state index is -0.609. The number of ether oxygens (including phenoxy) is 1. The molecule has 1 heterocycles. The van der Waals surface area contributed by atoms with Crippen molar-refractivity contribution in [1.82, 2.24) is 15.5 Å². The first kappa shape index (κ1) is 28.8. The van der Waals surface area contributed by atoms with Crippen LogP contribution >= 0.6 is 11.8 Å². The summed E-state index contributed by atoms with van der Waals surface area (Å²) < 4.78 is 18.6. The summed E-state index contributed by atoms with van der Waals surface area (Å²) in [6.07, 6.45) is 7.92. The van der Waals surface area contributed by atoms with Crippen LogP contribution in [0.15, 0.2) is 24.3 Å². The zero-order valence-electron chi connectivity index (χ0n) is 22.2. The Kier molecular flexibility index (Phi) is 11.4. The van der Waals surface area contributed by atoms with Crippen LogP contribution in [-0.2, 0) is 16.1 Å². The fourth-order valence-corrected chi connectivity index (χ4v) is 6.18. The number of nitrogens with one attached hydrogen (secondary N) is 2. The van der Waals surface area contributed by atoms with Crippen molar-refractivity contribution >= 4 is 23.8 Å². The summed E-state index contributed by atoms with van der Waals surface area (Å²) in [6, 6.07) is 6.09. The van der Waals surface area contributed by atoms with Crippen LogP contribution in [-0.4, -0.2) is 59.7 Å². The fraction of sp³-hybridized carbons (Fsp3) is 0.714. The number of amides is 2. The van der Waals surface area contributed by atoms with Gasteiger partial charge in [0.15, 0.2) is 0 Å². The average molecular weight is 522 g/mol. The SMILES string of the molecule is CC(C)(C)OC(=O)N[C@@H](CSCC1CCCCC1)C(=O)NCC1CCN(Cc2ccc(F)cc2)CC1. The summed E-state index contributed by atoms with van der Waals surface area (Å²) in [5, 5.41) is 5.91. The molecule has 0 radical (unpaired) electrons. The van der Waals surface area contributed by atoms with Gasteiger partial charge in [0.1, 0.15) is 17.5 Å². The summed E-state index contributed by atoms with van der Waals surface area (Å²) in [4.78, 5) is 27.8. The van der Waals surface area contributed by atoms with Gasteiger partial charge in [-0.15, -0.1) is 0 Å². The third-order valence-corrected chi connectivity index (χ3v) is 8.24. The van der Waals surface area contributed by atoms with Crippen molar-refractivity contribution in [1.29, 1.82) is 0 Å². The lowest BCUT2D eigenvalue weighted by molar-refractivity contribution is -0.122. The first-order valence-electron chi connectivity index (χ1n) is 13.5. The highest BCUT2D eigenvalue weighted by molar-refractivity contribution is 7.99. The quantitative estimate of drug-likeness (QED) is 0.434. The van der Waals surface area contributed by atoms with Gasteiger partial charge in [-0.2, -0.15) is 11.8 Å². The van der Waals surface area contributed by atoms with Crippen LogP contribution in [0, 0.1) is 17.7 Å². The highest BCUT2D eigenvalue weighted by atomic mass is 32.2. The summed E-state index contributed by atoms with van der Waals surface area (Å²) in [5.74, 6) is 2.37. The molecule has 0 bridgehead atoms. The van der Waals surface area contributed by atoms with E-state index in [1.165, 1.54) is 44.2 Å². The smallest absolute Gasteiger partial charge is 0.408 e. The maximum atomic E-state index is 13.1. The van der Waals surface area contributed by atoms with E-state index in [2.05, 4.69) is 15.5 Å². The van der Waals surface area contributed by atoms with Gasteiger partial charge in [0.25, 0.3) is 0 Å². The molecular weight excluding hydrogens is 477 g/mol. The molecule has 2 amide bonds. The van der Waals surface area contributed by atoms with E-state index in [1.54, 1.807) is 11.8 Å². The molecular formula is C28H44FN3O3S. The van der Waals surface area contributed by atoms with Crippen molar-refractivity contribution in [2.24, 2.45) is 11.8 Å². The van der Waals surface area contributed by atoms with E-state index in [9.17, 15) is 14.0 Å². The number of hydrogen-bond acceptors (Lipinski definition) is 5. The fourth-order valence-electron chi connectivity index (χ4n) is 4.90. The van der Waals surface area contributed by atoms with Crippen LogP contribution in [0.4, 0.5) is 9.18 Å². The Morgan fingerprint density at radius 1 is 1.06 bits per heavy atom. The van der Waals surface area contributed by atoms with E-state index < -0.39 is 17.7 Å². The van der Waals surface area contributed by atoms with Crippen molar-refractivity contribution in [2.45, 2.75) is 83.9 Å². The number of carbonyl (C=O) groups excluding carboxylic acids is 2. The van der Waals surface area contributed by atoms with Gasteiger partial charge in [-0.05, 0) is 94.8 Å². The van der Waals surface area contributed by atoms with Crippen molar-refractivity contribution in [2.75, 3.05) is 31.1 Å². The van der Waals surface area contributed by atoms with Crippen LogP contribution in [0.3, 0.4) is 0 Å². The molecule has 8 heteroatoms. The molecule has 202 valence electrons. The predicted octanol–water partition coefficient (Wildman–Crippen LogP) is 5.36. The van der Waals surface area contributed by atoms with Gasteiger partial charge in [-0.1, -0.05) is 31.4 Å². The lowest BCUT2D eigenvalue weighted by Crippen LogP contribution is -2.51. The Labute approximate surface area is 220 Å². The minimum Gasteiger partial charge on any atom is -0.444 e. The molecule has 1 atom stereocenters. The van der Waals surface area contributed by atoms with Gasteiger partial charge < -0.3 is 15.4 Å². The summed E-state index contributed by atoms with van der Waals surface area (Å²) in [7, 11) is 0. The molecule has 3 rings (SSSR count). The Bertz CT molecular complexity index is 816. The molecule has 1 aromatic carbocycles. The van der Waals surface area contributed by atoms with E-state index in [4.69, 9.17) is 4.74 Å². The molecule has 0 aromatic heterocycles. The summed E-state index contributed by atoms with van der Waals surface area (Å²) >= 11 is 1.76. The molecule has 0 spiro atoms. The van der Waals surface area contributed by atoms with E-state index in [-0.39, 0.29) is 11.7 Å². The Balaban J connectivity index is 1.43. The molecule has 2 N–H and O–H groups in total. The maximum absolute atomic E-state index is 13.1. The Morgan fingerprint density at radius 2 is 1.72 bits per heavy atom. The second-order valence-electron chi connectivity index (χ2n) is 11.3. The van der Waals surface area contributed by atoms with E-state index in [1.807, 2.05) is 32.9 Å². The monoisotopic (exact) mass is 521 g/mol. The molecule has 1 aromatic rings. The molecule has 1 aliphatic heterocycles. The van der Waals surface area contributed by atoms with Gasteiger partial charge >= 0.3 is 6.09 Å². The molecule has 1 saturated heterocycles. The maximum Gasteiger partial charge on any atom is 0.408 e. The number of carbonyl (C=O) groups is 2. The van der Waals surface area contributed by atoms with Gasteiger partial charge in [0, 0.05) is 18.8 Å². The van der Waals surface area contributed by atoms with E-state index >= 15 is 0 Å². The lowest BCUT2D eigenvalue weighted by atomic mass is 9.91. The Morgan fingerprint density at radius 3 is 2.36 bits per heavy atom. The van der Waals surface area contributed by atoms with Gasteiger partial charge in [0.2, 0.25) is 5.91 Å². The molecule has 6 nitrogen and oxygen atoms in total. The molecule has 1 saturated carbocycles. The van der Waals surface area contributed by atoms with Crippen LogP contribution in [0.1, 0.15) is 71.3 Å². The highest BCUT2D eigenvalue weighted by Gasteiger charge is 2.26. The largest absolute Gasteiger partial charge is 0.444 e. The number of rotatable bonds is 10. The predicted molar refractivity (Wildman–Crippen MR) is 144 cm³/mol. The van der Waals surface area contributed by atoms with Crippen molar-refractivity contribution < 1.29 is 18.7 Å². The van der Waals surface area contributed by atoms with Crippen LogP contribution in [0.5, 0.6) is 0 Å². The third kappa shape index (κ3) is 10.7. The average Bonchev–Trinajstić information content (AvgIpc) is 2.84. The number of hydrogen-bond donors (Lipinski definition) is 2. The number of thioether (sulfide) groups is 1. The number of benzene rings is 1. The number of nitrogens with zero attached hydrogens (tertiary/aromatic N) is 1. The van der Waals surface area contributed by atoms with E-state index in [0.29, 0.717) is 24.1 Å². The number of halogens is 1. The zero-order valence-corrected chi connectivity index (χ0v) is 23.0. The van der Waals surface area contributed by atoms with Crippen LogP contribution in [0.2, 0.25) is 0 Å². The molecule has 1 aliphatic carbocycles. The third-order valence-electron chi connectivity index (χ3n) is 6.96. The number of likely N-dealkylation sites (tertiary alicyclic amines) is 1. The Hall–Kier alpha value is -1.80.